The molecular weight excluding hydrogens is 232 g/mol. The van der Waals surface area contributed by atoms with Crippen molar-refractivity contribution >= 4 is 11.8 Å². The molecule has 84 valence electrons. The van der Waals surface area contributed by atoms with Gasteiger partial charge in [0.15, 0.2) is 0 Å². The van der Waals surface area contributed by atoms with Crippen LogP contribution in [0.5, 0.6) is 0 Å². The summed E-state index contributed by atoms with van der Waals surface area (Å²) < 4.78 is 0. The van der Waals surface area contributed by atoms with Gasteiger partial charge >= 0.3 is 0 Å². The molecule has 0 atom stereocenters. The molecule has 0 spiro atoms. The number of rotatable bonds is 2. The molecule has 0 bridgehead atoms. The lowest BCUT2D eigenvalue weighted by atomic mass is 10.0. The van der Waals surface area contributed by atoms with Crippen LogP contribution < -0.4 is 5.56 Å². The normalized spacial score (nSPS) is 9.88. The van der Waals surface area contributed by atoms with Gasteiger partial charge in [0.2, 0.25) is 5.56 Å². The summed E-state index contributed by atoms with van der Waals surface area (Å²) in [6, 6.07) is 13.1. The molecule has 0 fully saturated rings. The standard InChI is InChI=1S/C13H10N2OS/c1-17-13-11(8-14)10(7-12(16)15-13)9-5-3-2-4-6-9/h2-7H,1H3,(H,15,16). The lowest BCUT2D eigenvalue weighted by Gasteiger charge is -2.06. The third kappa shape index (κ3) is 2.24. The molecule has 2 rings (SSSR count). The number of hydrogen-bond acceptors (Lipinski definition) is 3. The van der Waals surface area contributed by atoms with Crippen LogP contribution in [0, 0.1) is 11.3 Å². The molecule has 0 aliphatic rings. The van der Waals surface area contributed by atoms with Crippen molar-refractivity contribution in [2.75, 3.05) is 6.26 Å². The number of nitrogens with zero attached hydrogens (tertiary/aromatic N) is 1. The highest BCUT2D eigenvalue weighted by atomic mass is 32.2. The smallest absolute Gasteiger partial charge is 0.249 e. The molecule has 1 N–H and O–H groups in total. The van der Waals surface area contributed by atoms with Gasteiger partial charge in [0.1, 0.15) is 6.07 Å². The summed E-state index contributed by atoms with van der Waals surface area (Å²) in [6.45, 7) is 0. The van der Waals surface area contributed by atoms with Crippen molar-refractivity contribution in [3.05, 3.63) is 52.3 Å². The number of nitrogens with one attached hydrogen (secondary N) is 1. The topological polar surface area (TPSA) is 56.6 Å². The zero-order valence-electron chi connectivity index (χ0n) is 9.23. The molecule has 0 amide bonds. The summed E-state index contributed by atoms with van der Waals surface area (Å²) in [5, 5.41) is 9.81. The molecule has 0 saturated heterocycles. The van der Waals surface area contributed by atoms with Gasteiger partial charge in [-0.05, 0) is 11.8 Å². The number of hydrogen-bond donors (Lipinski definition) is 1. The fraction of sp³-hybridized carbons (Fsp3) is 0.0769. The highest BCUT2D eigenvalue weighted by Crippen LogP contribution is 2.26. The molecule has 0 unspecified atom stereocenters. The summed E-state index contributed by atoms with van der Waals surface area (Å²) in [5.74, 6) is 0. The van der Waals surface area contributed by atoms with E-state index in [4.69, 9.17) is 0 Å². The molecule has 2 aromatic rings. The predicted octanol–water partition coefficient (Wildman–Crippen LogP) is 2.64. The number of thioether (sulfide) groups is 1. The van der Waals surface area contributed by atoms with Gasteiger partial charge in [0, 0.05) is 11.6 Å². The average molecular weight is 242 g/mol. The predicted molar refractivity (Wildman–Crippen MR) is 69.0 cm³/mol. The van der Waals surface area contributed by atoms with E-state index >= 15 is 0 Å². The molecular formula is C13H10N2OS. The van der Waals surface area contributed by atoms with Crippen LogP contribution in [0.3, 0.4) is 0 Å². The van der Waals surface area contributed by atoms with Crippen LogP contribution in [-0.4, -0.2) is 11.2 Å². The van der Waals surface area contributed by atoms with Gasteiger partial charge in [-0.3, -0.25) is 4.79 Å². The summed E-state index contributed by atoms with van der Waals surface area (Å²) in [6.07, 6.45) is 1.83. The van der Waals surface area contributed by atoms with Crippen LogP contribution >= 0.6 is 11.8 Å². The zero-order chi connectivity index (χ0) is 12.3. The van der Waals surface area contributed by atoms with Crippen molar-refractivity contribution in [1.82, 2.24) is 4.98 Å². The Kier molecular flexibility index (Phi) is 3.31. The maximum atomic E-state index is 11.5. The van der Waals surface area contributed by atoms with Crippen molar-refractivity contribution in [3.8, 4) is 17.2 Å². The number of aromatic nitrogens is 1. The Labute approximate surface area is 103 Å². The van der Waals surface area contributed by atoms with Crippen molar-refractivity contribution in [2.45, 2.75) is 5.03 Å². The summed E-state index contributed by atoms with van der Waals surface area (Å²) in [4.78, 5) is 14.2. The number of aromatic amines is 1. The minimum absolute atomic E-state index is 0.188. The number of benzene rings is 1. The first-order chi connectivity index (χ1) is 8.26. The van der Waals surface area contributed by atoms with Crippen LogP contribution in [0.4, 0.5) is 0 Å². The maximum absolute atomic E-state index is 11.5. The fourth-order valence-corrected chi connectivity index (χ4v) is 2.21. The van der Waals surface area contributed by atoms with E-state index in [2.05, 4.69) is 11.1 Å². The van der Waals surface area contributed by atoms with Gasteiger partial charge in [-0.1, -0.05) is 30.3 Å². The van der Waals surface area contributed by atoms with E-state index in [-0.39, 0.29) is 5.56 Å². The molecule has 4 heteroatoms. The molecule has 3 nitrogen and oxygen atoms in total. The Morgan fingerprint density at radius 3 is 2.59 bits per heavy atom. The van der Waals surface area contributed by atoms with Crippen LogP contribution in [0.15, 0.2) is 46.2 Å². The second-order valence-electron chi connectivity index (χ2n) is 3.43. The van der Waals surface area contributed by atoms with E-state index in [1.165, 1.54) is 17.8 Å². The Morgan fingerprint density at radius 1 is 1.29 bits per heavy atom. The lowest BCUT2D eigenvalue weighted by molar-refractivity contribution is 1.07. The Hall–Kier alpha value is -1.99. The molecule has 1 heterocycles. The van der Waals surface area contributed by atoms with Gasteiger partial charge < -0.3 is 4.98 Å². The monoisotopic (exact) mass is 242 g/mol. The second kappa shape index (κ2) is 4.89. The molecule has 0 aliphatic carbocycles. The highest BCUT2D eigenvalue weighted by molar-refractivity contribution is 7.98. The second-order valence-corrected chi connectivity index (χ2v) is 4.25. The molecule has 0 saturated carbocycles. The van der Waals surface area contributed by atoms with Crippen LogP contribution in [0.1, 0.15) is 5.56 Å². The van der Waals surface area contributed by atoms with Gasteiger partial charge in [0.05, 0.1) is 10.6 Å². The van der Waals surface area contributed by atoms with Gasteiger partial charge in [-0.25, -0.2) is 0 Å². The minimum Gasteiger partial charge on any atom is -0.316 e. The fourth-order valence-electron chi connectivity index (χ4n) is 1.65. The third-order valence-electron chi connectivity index (χ3n) is 2.41. The summed E-state index contributed by atoms with van der Waals surface area (Å²) in [5.41, 5.74) is 1.89. The highest BCUT2D eigenvalue weighted by Gasteiger charge is 2.11. The first kappa shape index (κ1) is 11.5. The average Bonchev–Trinajstić information content (AvgIpc) is 2.38. The van der Waals surface area contributed by atoms with Crippen molar-refractivity contribution in [3.63, 3.8) is 0 Å². The van der Waals surface area contributed by atoms with Crippen LogP contribution in [0.25, 0.3) is 11.1 Å². The number of pyridine rings is 1. The van der Waals surface area contributed by atoms with E-state index in [1.807, 2.05) is 36.6 Å². The molecule has 1 aromatic carbocycles. The van der Waals surface area contributed by atoms with Gasteiger partial charge in [-0.15, -0.1) is 11.8 Å². The SMILES string of the molecule is CSc1[nH]c(=O)cc(-c2ccccc2)c1C#N. The van der Waals surface area contributed by atoms with Crippen molar-refractivity contribution < 1.29 is 0 Å². The largest absolute Gasteiger partial charge is 0.316 e. The molecule has 0 aliphatic heterocycles. The maximum Gasteiger partial charge on any atom is 0.249 e. The Bertz CT molecular complexity index is 626. The zero-order valence-corrected chi connectivity index (χ0v) is 10.0. The Morgan fingerprint density at radius 2 is 2.00 bits per heavy atom. The Balaban J connectivity index is 2.74. The minimum atomic E-state index is -0.188. The first-order valence-corrected chi connectivity index (χ1v) is 6.25. The molecule has 1 aromatic heterocycles. The van der Waals surface area contributed by atoms with E-state index in [9.17, 15) is 10.1 Å². The number of H-pyrrole nitrogens is 1. The van der Waals surface area contributed by atoms with Crippen molar-refractivity contribution in [2.24, 2.45) is 0 Å². The molecule has 17 heavy (non-hydrogen) atoms. The summed E-state index contributed by atoms with van der Waals surface area (Å²) >= 11 is 1.36. The van der Waals surface area contributed by atoms with E-state index in [1.54, 1.807) is 0 Å². The van der Waals surface area contributed by atoms with Crippen LogP contribution in [-0.2, 0) is 0 Å². The van der Waals surface area contributed by atoms with E-state index in [0.29, 0.717) is 16.2 Å². The summed E-state index contributed by atoms with van der Waals surface area (Å²) in [7, 11) is 0. The first-order valence-electron chi connectivity index (χ1n) is 5.03. The number of nitriles is 1. The van der Waals surface area contributed by atoms with E-state index in [0.717, 1.165) is 5.56 Å². The van der Waals surface area contributed by atoms with Crippen LogP contribution in [0.2, 0.25) is 0 Å². The lowest BCUT2D eigenvalue weighted by Crippen LogP contribution is -2.08. The van der Waals surface area contributed by atoms with E-state index < -0.39 is 0 Å². The van der Waals surface area contributed by atoms with Gasteiger partial charge in [0.25, 0.3) is 0 Å². The third-order valence-corrected chi connectivity index (χ3v) is 3.12. The quantitative estimate of drug-likeness (QED) is 0.824. The van der Waals surface area contributed by atoms with Crippen molar-refractivity contribution in [1.29, 1.82) is 5.26 Å². The van der Waals surface area contributed by atoms with Gasteiger partial charge in [-0.2, -0.15) is 5.26 Å². The molecule has 0 radical (unpaired) electrons.